The van der Waals surface area contributed by atoms with E-state index in [0.717, 1.165) is 5.56 Å². The number of hydrogen-bond donors (Lipinski definition) is 2. The third kappa shape index (κ3) is 5.05. The normalized spacial score (nSPS) is 19.8. The van der Waals surface area contributed by atoms with E-state index < -0.39 is 6.09 Å². The smallest absolute Gasteiger partial charge is 0.407 e. The van der Waals surface area contributed by atoms with Crippen molar-refractivity contribution in [3.8, 4) is 0 Å². The van der Waals surface area contributed by atoms with Crippen LogP contribution >= 0.6 is 0 Å². The van der Waals surface area contributed by atoms with Crippen LogP contribution in [0.5, 0.6) is 0 Å². The van der Waals surface area contributed by atoms with E-state index in [4.69, 9.17) is 0 Å². The molecule has 156 valence electrons. The highest BCUT2D eigenvalue weighted by Crippen LogP contribution is 2.34. The second-order valence-electron chi connectivity index (χ2n) is 8.79. The summed E-state index contributed by atoms with van der Waals surface area (Å²) in [4.78, 5) is 13.1. The maximum Gasteiger partial charge on any atom is 0.407 e. The zero-order valence-corrected chi connectivity index (χ0v) is 17.1. The van der Waals surface area contributed by atoms with Crippen LogP contribution in [0.4, 0.5) is 19.3 Å². The zero-order valence-electron chi connectivity index (χ0n) is 17.1. The monoisotopic (exact) mass is 402 g/mol. The Morgan fingerprint density at radius 2 is 1.86 bits per heavy atom. The van der Waals surface area contributed by atoms with E-state index in [1.807, 2.05) is 26.8 Å². The third-order valence-corrected chi connectivity index (χ3v) is 5.62. The Bertz CT molecular complexity index is 862. The predicted molar refractivity (Wildman–Crippen MR) is 110 cm³/mol. The summed E-state index contributed by atoms with van der Waals surface area (Å²) in [6.07, 6.45) is 0.769. The molecule has 3 rings (SSSR count). The summed E-state index contributed by atoms with van der Waals surface area (Å²) < 4.78 is 27.8. The van der Waals surface area contributed by atoms with Crippen LogP contribution in [0.3, 0.4) is 0 Å². The fourth-order valence-corrected chi connectivity index (χ4v) is 4.05. The minimum atomic E-state index is -0.897. The fraction of sp³-hybridized carbons (Fsp3) is 0.435. The van der Waals surface area contributed by atoms with E-state index in [9.17, 15) is 18.7 Å². The molecule has 2 unspecified atom stereocenters. The topological polar surface area (TPSA) is 52.6 Å². The fourth-order valence-electron chi connectivity index (χ4n) is 4.05. The number of halogens is 2. The number of nitrogens with zero attached hydrogens (tertiary/aromatic N) is 1. The van der Waals surface area contributed by atoms with Gasteiger partial charge in [0.05, 0.1) is 0 Å². The lowest BCUT2D eigenvalue weighted by Gasteiger charge is -2.45. The van der Waals surface area contributed by atoms with Crippen molar-refractivity contribution in [3.05, 3.63) is 65.2 Å². The van der Waals surface area contributed by atoms with E-state index in [-0.39, 0.29) is 29.1 Å². The van der Waals surface area contributed by atoms with Crippen molar-refractivity contribution in [2.45, 2.75) is 52.1 Å². The quantitative estimate of drug-likeness (QED) is 0.708. The first kappa shape index (κ1) is 21.1. The molecule has 2 N–H and O–H groups in total. The summed E-state index contributed by atoms with van der Waals surface area (Å²) in [5, 5.41) is 13.0. The van der Waals surface area contributed by atoms with Gasteiger partial charge >= 0.3 is 6.09 Å². The summed E-state index contributed by atoms with van der Waals surface area (Å²) in [6.45, 7) is 6.56. The molecule has 1 saturated heterocycles. The van der Waals surface area contributed by atoms with E-state index in [0.29, 0.717) is 37.1 Å². The lowest BCUT2D eigenvalue weighted by Crippen LogP contribution is -2.54. The van der Waals surface area contributed by atoms with Crippen LogP contribution in [0.1, 0.15) is 44.7 Å². The lowest BCUT2D eigenvalue weighted by molar-refractivity contribution is 0.0557. The highest BCUT2D eigenvalue weighted by atomic mass is 19.1. The van der Waals surface area contributed by atoms with Crippen molar-refractivity contribution in [1.82, 2.24) is 4.90 Å². The number of hydrogen-bond acceptors (Lipinski definition) is 2. The molecule has 29 heavy (non-hydrogen) atoms. The van der Waals surface area contributed by atoms with Gasteiger partial charge in [-0.15, -0.1) is 0 Å². The van der Waals surface area contributed by atoms with Gasteiger partial charge < -0.3 is 15.3 Å². The number of likely N-dealkylation sites (tertiary alicyclic amines) is 1. The third-order valence-electron chi connectivity index (χ3n) is 5.62. The van der Waals surface area contributed by atoms with Crippen molar-refractivity contribution >= 4 is 11.8 Å². The highest BCUT2D eigenvalue weighted by molar-refractivity contribution is 5.66. The SMILES string of the molecule is CC(C)(C)C1CC(Nc2cccc(F)c2Cc2ccc(F)cc2)CCN1C(=O)O. The summed E-state index contributed by atoms with van der Waals surface area (Å²) in [6, 6.07) is 10.9. The van der Waals surface area contributed by atoms with Crippen molar-refractivity contribution in [3.63, 3.8) is 0 Å². The molecule has 1 fully saturated rings. The molecule has 2 atom stereocenters. The van der Waals surface area contributed by atoms with Crippen LogP contribution in [-0.4, -0.2) is 34.7 Å². The zero-order chi connectivity index (χ0) is 21.2. The van der Waals surface area contributed by atoms with Crippen LogP contribution in [0.2, 0.25) is 0 Å². The number of amides is 1. The number of carboxylic acid groups (broad SMARTS) is 1. The molecule has 2 aromatic rings. The van der Waals surface area contributed by atoms with Crippen molar-refractivity contribution in [2.75, 3.05) is 11.9 Å². The molecule has 1 heterocycles. The highest BCUT2D eigenvalue weighted by Gasteiger charge is 2.38. The molecule has 2 aromatic carbocycles. The van der Waals surface area contributed by atoms with Gasteiger partial charge in [0.25, 0.3) is 0 Å². The Labute approximate surface area is 170 Å². The van der Waals surface area contributed by atoms with E-state index >= 15 is 0 Å². The second kappa shape index (κ2) is 8.39. The van der Waals surface area contributed by atoms with Crippen molar-refractivity contribution in [2.24, 2.45) is 5.41 Å². The molecule has 0 aliphatic carbocycles. The number of piperidine rings is 1. The molecular weight excluding hydrogens is 374 g/mol. The van der Waals surface area contributed by atoms with Crippen molar-refractivity contribution < 1.29 is 18.7 Å². The van der Waals surface area contributed by atoms with Gasteiger partial charge in [-0.3, -0.25) is 0 Å². The second-order valence-corrected chi connectivity index (χ2v) is 8.79. The average molecular weight is 402 g/mol. The van der Waals surface area contributed by atoms with Gasteiger partial charge in [-0.1, -0.05) is 39.0 Å². The molecule has 0 bridgehead atoms. The molecule has 4 nitrogen and oxygen atoms in total. The predicted octanol–water partition coefficient (Wildman–Crippen LogP) is 5.52. The standard InChI is InChI=1S/C23H28F2N2O2/c1-23(2,3)21-14-17(11-12-27(21)22(28)29)26-20-6-4-5-19(25)18(20)13-15-7-9-16(24)10-8-15/h4-10,17,21,26H,11-14H2,1-3H3,(H,28,29). The van der Waals surface area contributed by atoms with Crippen molar-refractivity contribution in [1.29, 1.82) is 0 Å². The van der Waals surface area contributed by atoms with Gasteiger partial charge in [0.1, 0.15) is 11.6 Å². The van der Waals surface area contributed by atoms with Gasteiger partial charge in [-0.25, -0.2) is 13.6 Å². The van der Waals surface area contributed by atoms with Crippen LogP contribution in [0.15, 0.2) is 42.5 Å². The number of anilines is 1. The molecule has 0 saturated carbocycles. The molecule has 0 aromatic heterocycles. The summed E-state index contributed by atoms with van der Waals surface area (Å²) in [5.74, 6) is -0.631. The Morgan fingerprint density at radius 1 is 1.17 bits per heavy atom. The molecule has 1 amide bonds. The van der Waals surface area contributed by atoms with E-state index in [1.54, 1.807) is 18.2 Å². The van der Waals surface area contributed by atoms with Gasteiger partial charge in [0.15, 0.2) is 0 Å². The molecule has 0 radical (unpaired) electrons. The Morgan fingerprint density at radius 3 is 2.48 bits per heavy atom. The molecular formula is C23H28F2N2O2. The van der Waals surface area contributed by atoms with Crippen LogP contribution in [0, 0.1) is 17.0 Å². The number of benzene rings is 2. The Balaban J connectivity index is 1.80. The number of nitrogens with one attached hydrogen (secondary N) is 1. The van der Waals surface area contributed by atoms with Crippen LogP contribution in [-0.2, 0) is 6.42 Å². The maximum atomic E-state index is 14.6. The number of carbonyl (C=O) groups is 1. The van der Waals surface area contributed by atoms with E-state index in [1.165, 1.54) is 23.1 Å². The summed E-state index contributed by atoms with van der Waals surface area (Å²) in [7, 11) is 0. The van der Waals surface area contributed by atoms with Gasteiger partial charge in [-0.05, 0) is 48.1 Å². The lowest BCUT2D eigenvalue weighted by atomic mass is 9.79. The molecule has 6 heteroatoms. The van der Waals surface area contributed by atoms with Gasteiger partial charge in [-0.2, -0.15) is 0 Å². The van der Waals surface area contributed by atoms with E-state index in [2.05, 4.69) is 5.32 Å². The maximum absolute atomic E-state index is 14.6. The molecule has 1 aliphatic rings. The molecule has 0 spiro atoms. The first-order chi connectivity index (χ1) is 13.6. The minimum Gasteiger partial charge on any atom is -0.465 e. The van der Waals surface area contributed by atoms with Gasteiger partial charge in [0.2, 0.25) is 0 Å². The first-order valence-corrected chi connectivity index (χ1v) is 9.93. The largest absolute Gasteiger partial charge is 0.465 e. The van der Waals surface area contributed by atoms with Gasteiger partial charge in [0, 0.05) is 36.3 Å². The Hall–Kier alpha value is -2.63. The summed E-state index contributed by atoms with van der Waals surface area (Å²) in [5.41, 5.74) is 1.87. The summed E-state index contributed by atoms with van der Waals surface area (Å²) >= 11 is 0. The number of rotatable bonds is 4. The average Bonchev–Trinajstić information content (AvgIpc) is 2.65. The first-order valence-electron chi connectivity index (χ1n) is 9.93. The Kier molecular flexibility index (Phi) is 6.10. The minimum absolute atomic E-state index is 0.0450. The van der Waals surface area contributed by atoms with Crippen LogP contribution in [0.25, 0.3) is 0 Å². The molecule has 1 aliphatic heterocycles. The van der Waals surface area contributed by atoms with Crippen LogP contribution < -0.4 is 5.32 Å².